The van der Waals surface area contributed by atoms with Gasteiger partial charge in [0.15, 0.2) is 0 Å². The maximum Gasteiger partial charge on any atom is 0.244 e. The minimum absolute atomic E-state index is 0.0354. The van der Waals surface area contributed by atoms with Gasteiger partial charge in [0.1, 0.15) is 17.4 Å². The summed E-state index contributed by atoms with van der Waals surface area (Å²) in [6.45, 7) is 6.51. The van der Waals surface area contributed by atoms with Gasteiger partial charge in [0.25, 0.3) is 0 Å². The fourth-order valence-electron chi connectivity index (χ4n) is 3.75. The summed E-state index contributed by atoms with van der Waals surface area (Å²) in [5, 5.41) is 17.3. The van der Waals surface area contributed by atoms with E-state index in [-0.39, 0.29) is 17.2 Å². The highest BCUT2D eigenvalue weighted by molar-refractivity contribution is 5.71. The van der Waals surface area contributed by atoms with Crippen LogP contribution in [0.2, 0.25) is 0 Å². The number of aromatic nitrogens is 2. The molecule has 0 saturated heterocycles. The third-order valence-electron chi connectivity index (χ3n) is 5.41. The van der Waals surface area contributed by atoms with Gasteiger partial charge in [0.2, 0.25) is 11.8 Å². The first-order valence-corrected chi connectivity index (χ1v) is 9.74. The Kier molecular flexibility index (Phi) is 4.75. The number of methoxy groups -OCH3 is 1. The Labute approximate surface area is 175 Å². The van der Waals surface area contributed by atoms with E-state index in [0.29, 0.717) is 11.5 Å². The highest BCUT2D eigenvalue weighted by atomic mass is 16.5. The first-order valence-electron chi connectivity index (χ1n) is 9.74. The van der Waals surface area contributed by atoms with E-state index in [1.165, 1.54) is 5.56 Å². The Hall–Kier alpha value is -3.72. The van der Waals surface area contributed by atoms with Crippen molar-refractivity contribution in [2.45, 2.75) is 32.1 Å². The van der Waals surface area contributed by atoms with Gasteiger partial charge in [-0.05, 0) is 28.7 Å². The van der Waals surface area contributed by atoms with Crippen LogP contribution < -0.4 is 15.2 Å². The minimum atomic E-state index is -0.382. The summed E-state index contributed by atoms with van der Waals surface area (Å²) in [5.41, 5.74) is 11.1. The molecule has 0 amide bonds. The molecular weight excluding hydrogens is 376 g/mol. The lowest BCUT2D eigenvalue weighted by Crippen LogP contribution is -2.21. The minimum Gasteiger partial charge on any atom is -0.497 e. The molecule has 6 heteroatoms. The summed E-state index contributed by atoms with van der Waals surface area (Å²) in [6, 6.07) is 18.2. The molecule has 2 heterocycles. The topological polar surface area (TPSA) is 97.0 Å². The first-order chi connectivity index (χ1) is 14.3. The van der Waals surface area contributed by atoms with Gasteiger partial charge in [-0.25, -0.2) is 0 Å². The second-order valence-corrected chi connectivity index (χ2v) is 8.35. The molecule has 1 atom stereocenters. The van der Waals surface area contributed by atoms with Crippen molar-refractivity contribution in [1.82, 2.24) is 10.2 Å². The number of rotatable bonds is 3. The summed E-state index contributed by atoms with van der Waals surface area (Å²) in [6.07, 6.45) is 0. The zero-order valence-electron chi connectivity index (χ0n) is 17.5. The molecule has 1 aliphatic heterocycles. The molecule has 0 aliphatic carbocycles. The highest BCUT2D eigenvalue weighted by Crippen LogP contribution is 2.46. The van der Waals surface area contributed by atoms with Crippen molar-refractivity contribution in [3.63, 3.8) is 0 Å². The average Bonchev–Trinajstić information content (AvgIpc) is 3.15. The van der Waals surface area contributed by atoms with Crippen LogP contribution in [0.5, 0.6) is 11.6 Å². The third-order valence-corrected chi connectivity index (χ3v) is 5.41. The molecule has 4 rings (SSSR count). The Morgan fingerprint density at radius 2 is 1.90 bits per heavy atom. The van der Waals surface area contributed by atoms with Crippen molar-refractivity contribution in [2.75, 3.05) is 7.11 Å². The van der Waals surface area contributed by atoms with Crippen LogP contribution in [-0.4, -0.2) is 17.3 Å². The SMILES string of the molecule is COc1cccc(-c2[nH]nc3c2C(c2ccc(C(C)(C)C)cc2)C(C#N)=C(N)O3)c1. The molecule has 0 fully saturated rings. The number of nitrogens with two attached hydrogens (primary N) is 1. The monoisotopic (exact) mass is 400 g/mol. The number of H-pyrrole nitrogens is 1. The van der Waals surface area contributed by atoms with E-state index < -0.39 is 0 Å². The Balaban J connectivity index is 1.89. The van der Waals surface area contributed by atoms with Crippen LogP contribution in [0.4, 0.5) is 0 Å². The smallest absolute Gasteiger partial charge is 0.244 e. The van der Waals surface area contributed by atoms with Crippen LogP contribution >= 0.6 is 0 Å². The zero-order chi connectivity index (χ0) is 21.5. The van der Waals surface area contributed by atoms with Crippen LogP contribution in [0.25, 0.3) is 11.3 Å². The molecule has 2 aromatic carbocycles. The van der Waals surface area contributed by atoms with Gasteiger partial charge in [-0.15, -0.1) is 5.10 Å². The van der Waals surface area contributed by atoms with Crippen LogP contribution in [0.15, 0.2) is 60.0 Å². The van der Waals surface area contributed by atoms with Crippen molar-refractivity contribution in [3.05, 3.63) is 76.7 Å². The summed E-state index contributed by atoms with van der Waals surface area (Å²) < 4.78 is 11.1. The molecular formula is C24H24N4O2. The van der Waals surface area contributed by atoms with Crippen molar-refractivity contribution < 1.29 is 9.47 Å². The number of allylic oxidation sites excluding steroid dienone is 1. The van der Waals surface area contributed by atoms with Crippen LogP contribution in [0.1, 0.15) is 43.4 Å². The number of aromatic amines is 1. The molecule has 3 aromatic rings. The molecule has 0 saturated carbocycles. The van der Waals surface area contributed by atoms with E-state index in [9.17, 15) is 5.26 Å². The highest BCUT2D eigenvalue weighted by Gasteiger charge is 2.35. The van der Waals surface area contributed by atoms with Crippen molar-refractivity contribution in [3.8, 4) is 29.0 Å². The number of nitrogens with one attached hydrogen (secondary N) is 1. The molecule has 1 aliphatic rings. The Morgan fingerprint density at radius 1 is 1.17 bits per heavy atom. The van der Waals surface area contributed by atoms with Gasteiger partial charge in [-0.2, -0.15) is 5.26 Å². The number of nitrogens with zero attached hydrogens (tertiary/aromatic N) is 2. The van der Waals surface area contributed by atoms with Crippen molar-refractivity contribution in [1.29, 1.82) is 5.26 Å². The second-order valence-electron chi connectivity index (χ2n) is 8.35. The van der Waals surface area contributed by atoms with Crippen molar-refractivity contribution >= 4 is 0 Å². The molecule has 1 unspecified atom stereocenters. The molecule has 152 valence electrons. The maximum atomic E-state index is 9.87. The predicted molar refractivity (Wildman–Crippen MR) is 115 cm³/mol. The molecule has 0 bridgehead atoms. The molecule has 3 N–H and O–H groups in total. The molecule has 1 aromatic heterocycles. The first kappa shape index (κ1) is 19.6. The van der Waals surface area contributed by atoms with E-state index in [1.807, 2.05) is 36.4 Å². The number of hydrogen-bond donors (Lipinski definition) is 2. The third kappa shape index (κ3) is 3.29. The van der Waals surface area contributed by atoms with E-state index in [0.717, 1.165) is 28.1 Å². The van der Waals surface area contributed by atoms with Gasteiger partial charge < -0.3 is 15.2 Å². The largest absolute Gasteiger partial charge is 0.497 e. The van der Waals surface area contributed by atoms with Gasteiger partial charge in [0, 0.05) is 5.56 Å². The lowest BCUT2D eigenvalue weighted by atomic mass is 9.81. The zero-order valence-corrected chi connectivity index (χ0v) is 17.5. The van der Waals surface area contributed by atoms with Crippen LogP contribution in [0.3, 0.4) is 0 Å². The van der Waals surface area contributed by atoms with Gasteiger partial charge >= 0.3 is 0 Å². The van der Waals surface area contributed by atoms with E-state index in [4.69, 9.17) is 15.2 Å². The summed E-state index contributed by atoms with van der Waals surface area (Å²) in [7, 11) is 1.63. The fourth-order valence-corrected chi connectivity index (χ4v) is 3.75. The Morgan fingerprint density at radius 3 is 2.53 bits per heavy atom. The van der Waals surface area contributed by atoms with Gasteiger partial charge in [0.05, 0.1) is 24.3 Å². The number of nitriles is 1. The maximum absolute atomic E-state index is 9.87. The van der Waals surface area contributed by atoms with E-state index in [1.54, 1.807) is 7.11 Å². The van der Waals surface area contributed by atoms with Crippen LogP contribution in [-0.2, 0) is 5.41 Å². The lowest BCUT2D eigenvalue weighted by molar-refractivity contribution is 0.379. The lowest BCUT2D eigenvalue weighted by Gasteiger charge is -2.25. The molecule has 0 radical (unpaired) electrons. The number of hydrogen-bond acceptors (Lipinski definition) is 5. The quantitative estimate of drug-likeness (QED) is 0.670. The van der Waals surface area contributed by atoms with Gasteiger partial charge in [-0.3, -0.25) is 5.10 Å². The summed E-state index contributed by atoms with van der Waals surface area (Å²) in [5.74, 6) is 0.815. The second kappa shape index (κ2) is 7.27. The number of ether oxygens (including phenoxy) is 2. The normalized spacial score (nSPS) is 15.9. The number of fused-ring (bicyclic) bond motifs is 1. The van der Waals surface area contributed by atoms with Crippen LogP contribution in [0, 0.1) is 11.3 Å². The predicted octanol–water partition coefficient (Wildman–Crippen LogP) is 4.60. The summed E-state index contributed by atoms with van der Waals surface area (Å²) >= 11 is 0. The van der Waals surface area contributed by atoms with E-state index >= 15 is 0 Å². The van der Waals surface area contributed by atoms with Crippen molar-refractivity contribution in [2.24, 2.45) is 5.73 Å². The number of benzene rings is 2. The van der Waals surface area contributed by atoms with E-state index in [2.05, 4.69) is 49.2 Å². The fraction of sp³-hybridized carbons (Fsp3) is 0.250. The molecule has 30 heavy (non-hydrogen) atoms. The van der Waals surface area contributed by atoms with Gasteiger partial charge in [-0.1, -0.05) is 57.2 Å². The summed E-state index contributed by atoms with van der Waals surface area (Å²) in [4.78, 5) is 0. The Bertz CT molecular complexity index is 1160. The molecule has 0 spiro atoms. The molecule has 6 nitrogen and oxygen atoms in total. The average molecular weight is 400 g/mol. The standard InChI is InChI=1S/C24H24N4O2/c1-24(2,3)16-10-8-14(9-11-16)19-18(13-25)22(26)30-23-20(19)21(27-28-23)15-6-5-7-17(12-15)29-4/h5-12,19H,26H2,1-4H3,(H,27,28).